The zero-order valence-corrected chi connectivity index (χ0v) is 22.6. The molecule has 2 aliphatic heterocycles. The molecule has 42 heavy (non-hydrogen) atoms. The van der Waals surface area contributed by atoms with Crippen LogP contribution in [0.5, 0.6) is 0 Å². The van der Waals surface area contributed by atoms with Gasteiger partial charge in [0, 0.05) is 28.0 Å². The third-order valence-corrected chi connectivity index (χ3v) is 8.06. The van der Waals surface area contributed by atoms with Crippen molar-refractivity contribution in [2.75, 3.05) is 7.11 Å². The normalized spacial score (nSPS) is 20.3. The maximum Gasteiger partial charge on any atom is 0.423 e. The zero-order chi connectivity index (χ0) is 29.9. The summed E-state index contributed by atoms with van der Waals surface area (Å²) in [6.07, 6.45) is -2.55. The van der Waals surface area contributed by atoms with Gasteiger partial charge in [-0.05, 0) is 28.5 Å². The summed E-state index contributed by atoms with van der Waals surface area (Å²) < 4.78 is 4.68. The van der Waals surface area contributed by atoms with Crippen molar-refractivity contribution in [2.45, 2.75) is 18.7 Å². The SMILES string of the molecule is COC(=O)N1C(=O)C2ON(Cc3ccc(C(N)=O)cc3[N+](=O)[O-])C(c3c4ccccc4c(Cl)c4ccccc34)C2C1=O. The molecule has 2 fully saturated rings. The van der Waals surface area contributed by atoms with Gasteiger partial charge in [0.15, 0.2) is 6.10 Å². The maximum absolute atomic E-state index is 13.7. The van der Waals surface area contributed by atoms with Gasteiger partial charge in [0.1, 0.15) is 0 Å². The summed E-state index contributed by atoms with van der Waals surface area (Å²) in [5.74, 6) is -3.78. The van der Waals surface area contributed by atoms with E-state index in [-0.39, 0.29) is 17.7 Å². The maximum atomic E-state index is 13.7. The Kier molecular flexibility index (Phi) is 6.61. The molecule has 212 valence electrons. The number of benzene rings is 4. The topological polar surface area (TPSA) is 162 Å². The van der Waals surface area contributed by atoms with Crippen LogP contribution in [0.4, 0.5) is 10.5 Å². The highest BCUT2D eigenvalue weighted by molar-refractivity contribution is 6.41. The lowest BCUT2D eigenvalue weighted by atomic mass is 9.84. The molecule has 2 heterocycles. The lowest BCUT2D eigenvalue weighted by Gasteiger charge is -2.29. The second kappa shape index (κ2) is 10.2. The van der Waals surface area contributed by atoms with Crippen molar-refractivity contribution in [2.24, 2.45) is 11.7 Å². The number of hydrogen-bond donors (Lipinski definition) is 1. The lowest BCUT2D eigenvalue weighted by molar-refractivity contribution is -0.386. The van der Waals surface area contributed by atoms with Crippen LogP contribution in [-0.2, 0) is 25.7 Å². The number of fused-ring (bicyclic) bond motifs is 3. The summed E-state index contributed by atoms with van der Waals surface area (Å²) in [6, 6.07) is 17.3. The monoisotopic (exact) mass is 588 g/mol. The second-order valence-corrected chi connectivity index (χ2v) is 10.2. The first-order valence-electron chi connectivity index (χ1n) is 12.7. The number of rotatable bonds is 5. The molecule has 0 saturated carbocycles. The van der Waals surface area contributed by atoms with E-state index in [2.05, 4.69) is 4.74 Å². The van der Waals surface area contributed by atoms with Gasteiger partial charge in [-0.1, -0.05) is 60.1 Å². The van der Waals surface area contributed by atoms with Crippen LogP contribution in [0.2, 0.25) is 5.02 Å². The fourth-order valence-corrected chi connectivity index (χ4v) is 6.15. The third-order valence-electron chi connectivity index (χ3n) is 7.65. The van der Waals surface area contributed by atoms with Crippen LogP contribution >= 0.6 is 11.6 Å². The number of methoxy groups -OCH3 is 1. The van der Waals surface area contributed by atoms with E-state index in [1.54, 1.807) is 12.1 Å². The predicted octanol–water partition coefficient (Wildman–Crippen LogP) is 4.26. The number of primary amides is 1. The molecule has 0 spiro atoms. The van der Waals surface area contributed by atoms with E-state index < -0.39 is 52.5 Å². The largest absolute Gasteiger partial charge is 0.452 e. The molecule has 4 amide bonds. The molecule has 2 N–H and O–H groups in total. The summed E-state index contributed by atoms with van der Waals surface area (Å²) >= 11 is 6.81. The number of ether oxygens (including phenoxy) is 1. The molecule has 0 radical (unpaired) electrons. The molecule has 0 bridgehead atoms. The van der Waals surface area contributed by atoms with Crippen LogP contribution in [0.1, 0.15) is 27.5 Å². The van der Waals surface area contributed by atoms with Crippen molar-refractivity contribution in [3.05, 3.63) is 98.6 Å². The van der Waals surface area contributed by atoms with Crippen LogP contribution in [0, 0.1) is 16.0 Å². The molecule has 2 aliphatic rings. The van der Waals surface area contributed by atoms with Crippen LogP contribution in [-0.4, -0.2) is 51.9 Å². The van der Waals surface area contributed by atoms with Gasteiger partial charge in [-0.2, -0.15) is 9.96 Å². The van der Waals surface area contributed by atoms with Crippen molar-refractivity contribution >= 4 is 62.6 Å². The van der Waals surface area contributed by atoms with Gasteiger partial charge >= 0.3 is 6.09 Å². The first kappa shape index (κ1) is 27.3. The first-order chi connectivity index (χ1) is 20.1. The van der Waals surface area contributed by atoms with Gasteiger partial charge in [-0.3, -0.25) is 29.3 Å². The molecule has 13 heteroatoms. The number of hydrogen-bond acceptors (Lipinski definition) is 9. The Morgan fingerprint density at radius 2 is 1.60 bits per heavy atom. The number of hydroxylamine groups is 2. The van der Waals surface area contributed by atoms with Crippen molar-refractivity contribution in [3.8, 4) is 0 Å². The van der Waals surface area contributed by atoms with Gasteiger partial charge in [0.25, 0.3) is 11.6 Å². The summed E-state index contributed by atoms with van der Waals surface area (Å²) in [5, 5.41) is 16.5. The second-order valence-electron chi connectivity index (χ2n) is 9.84. The Morgan fingerprint density at radius 3 is 2.14 bits per heavy atom. The highest BCUT2D eigenvalue weighted by Gasteiger charge is 2.62. The lowest BCUT2D eigenvalue weighted by Crippen LogP contribution is -2.41. The Balaban J connectivity index is 1.58. The minimum atomic E-state index is -1.40. The van der Waals surface area contributed by atoms with Gasteiger partial charge in [0.2, 0.25) is 11.8 Å². The van der Waals surface area contributed by atoms with Crippen LogP contribution in [0.15, 0.2) is 66.7 Å². The fraction of sp³-hybridized carbons (Fsp3) is 0.172. The van der Waals surface area contributed by atoms with E-state index in [4.69, 9.17) is 22.2 Å². The van der Waals surface area contributed by atoms with Crippen molar-refractivity contribution in [1.29, 1.82) is 0 Å². The number of carbonyl (C=O) groups is 4. The Hall–Kier alpha value is -4.91. The average molecular weight is 589 g/mol. The Bertz CT molecular complexity index is 1800. The number of imide groups is 3. The average Bonchev–Trinajstić information content (AvgIpc) is 3.46. The quantitative estimate of drug-likeness (QED) is 0.155. The number of likely N-dealkylation sites (tertiary alicyclic amines) is 1. The van der Waals surface area contributed by atoms with E-state index in [9.17, 15) is 29.3 Å². The minimum Gasteiger partial charge on any atom is -0.452 e. The highest BCUT2D eigenvalue weighted by atomic mass is 35.5. The molecule has 3 atom stereocenters. The van der Waals surface area contributed by atoms with E-state index in [0.717, 1.165) is 13.2 Å². The molecule has 3 unspecified atom stereocenters. The van der Waals surface area contributed by atoms with E-state index in [1.165, 1.54) is 17.2 Å². The Morgan fingerprint density at radius 1 is 1.00 bits per heavy atom. The van der Waals surface area contributed by atoms with Gasteiger partial charge < -0.3 is 10.5 Å². The van der Waals surface area contributed by atoms with Crippen molar-refractivity contribution < 1.29 is 33.7 Å². The zero-order valence-electron chi connectivity index (χ0n) is 21.9. The third kappa shape index (κ3) is 4.07. The highest BCUT2D eigenvalue weighted by Crippen LogP contribution is 2.50. The molecule has 2 saturated heterocycles. The number of nitrogens with zero attached hydrogens (tertiary/aromatic N) is 3. The number of carbonyl (C=O) groups excluding carboxylic acids is 4. The summed E-state index contributed by atoms with van der Waals surface area (Å²) in [7, 11) is 1.05. The van der Waals surface area contributed by atoms with Gasteiger partial charge in [0.05, 0.1) is 35.6 Å². The molecule has 6 rings (SSSR count). The molecular formula is C29H21ClN4O8. The Labute approximate surface area is 242 Å². The number of nitro benzene ring substituents is 1. The summed E-state index contributed by atoms with van der Waals surface area (Å²) in [5.41, 5.74) is 5.60. The number of nitrogens with two attached hydrogens (primary N) is 1. The number of halogens is 1. The predicted molar refractivity (Wildman–Crippen MR) is 149 cm³/mol. The molecule has 4 aromatic rings. The van der Waals surface area contributed by atoms with Crippen LogP contribution in [0.25, 0.3) is 21.5 Å². The number of amides is 4. The summed E-state index contributed by atoms with van der Waals surface area (Å²) in [4.78, 5) is 69.0. The van der Waals surface area contributed by atoms with Gasteiger partial charge in [-0.15, -0.1) is 0 Å². The first-order valence-corrected chi connectivity index (χ1v) is 13.1. The minimum absolute atomic E-state index is 0.0602. The molecule has 0 aliphatic carbocycles. The van der Waals surface area contributed by atoms with Crippen molar-refractivity contribution in [3.63, 3.8) is 0 Å². The van der Waals surface area contributed by atoms with E-state index in [1.807, 2.05) is 36.4 Å². The van der Waals surface area contributed by atoms with E-state index in [0.29, 0.717) is 37.0 Å². The van der Waals surface area contributed by atoms with Crippen LogP contribution < -0.4 is 5.73 Å². The molecule has 12 nitrogen and oxygen atoms in total. The summed E-state index contributed by atoms with van der Waals surface area (Å²) in [6.45, 7) is -0.253. The molecule has 0 aromatic heterocycles. The van der Waals surface area contributed by atoms with Crippen LogP contribution in [0.3, 0.4) is 0 Å². The smallest absolute Gasteiger partial charge is 0.423 e. The standard InChI is InChI=1S/C29H21ClN4O8/c1-41-29(38)33-27(36)22-24(21-16-6-2-4-8-18(16)23(30)19-9-5-3-7-17(19)21)32(42-25(22)28(33)37)13-15-11-10-14(26(31)35)12-20(15)34(39)40/h2-12,22,24-25H,13H2,1H3,(H2,31,35). The van der Waals surface area contributed by atoms with Gasteiger partial charge in [-0.25, -0.2) is 4.79 Å². The molecular weight excluding hydrogens is 568 g/mol. The number of nitro groups is 1. The fourth-order valence-electron chi connectivity index (χ4n) is 5.82. The molecule has 4 aromatic carbocycles. The van der Waals surface area contributed by atoms with E-state index >= 15 is 0 Å². The van der Waals surface area contributed by atoms with Crippen molar-refractivity contribution in [1.82, 2.24) is 9.96 Å².